The van der Waals surface area contributed by atoms with Crippen LogP contribution in [0, 0.1) is 30.6 Å². The second-order valence-electron chi connectivity index (χ2n) is 15.2. The number of hydrogen-bond donors (Lipinski definition) is 6. The molecule has 2 aromatic carbocycles. The number of aliphatic hydroxyl groups is 2. The number of Topliss-reactive ketones (excluding diaryl/α,β-unsaturated/α-hetero) is 1. The van der Waals surface area contributed by atoms with Crippen molar-refractivity contribution in [3.05, 3.63) is 52.8 Å². The molecule has 14 nitrogen and oxygen atoms in total. The predicted molar refractivity (Wildman–Crippen MR) is 206 cm³/mol. The SMILES string of the molecule is CO[C@H]1/C=C/O[C@@]2(C)Oc3c(C)c(O)c4c(O)c(c(CCN(C)C)c(O)c4c3C2=O)NC(=O)/C(C)=C\C=C\[C@H](C)[C@H](O)[C@@H](C)[C@@H](O)[C@@H](C)[C@H](OC(C)=O)[C@@H]1C. The number of ether oxygens (including phenoxy) is 4. The molecule has 0 unspecified atom stereocenters. The zero-order valence-corrected chi connectivity index (χ0v) is 33.5. The molecule has 0 saturated heterocycles. The van der Waals surface area contributed by atoms with Crippen LogP contribution < -0.4 is 10.1 Å². The Labute approximate surface area is 322 Å². The molecule has 1 amide bonds. The number of allylic oxidation sites excluding steroid dienone is 2. The quantitative estimate of drug-likeness (QED) is 0.137. The van der Waals surface area contributed by atoms with Gasteiger partial charge < -0.3 is 54.7 Å². The molecule has 6 N–H and O–H groups in total. The van der Waals surface area contributed by atoms with E-state index in [1.165, 1.54) is 46.3 Å². The topological polar surface area (TPSA) is 205 Å². The normalized spacial score (nSPS) is 31.4. The molecule has 14 heteroatoms. The number of anilines is 1. The number of benzene rings is 2. The van der Waals surface area contributed by atoms with Crippen LogP contribution in [-0.2, 0) is 30.2 Å². The van der Waals surface area contributed by atoms with Crippen molar-refractivity contribution in [3.8, 4) is 23.0 Å². The highest BCUT2D eigenvalue weighted by molar-refractivity contribution is 6.22. The average molecular weight is 769 g/mol. The van der Waals surface area contributed by atoms with E-state index in [2.05, 4.69) is 5.32 Å². The number of hydrogen-bond acceptors (Lipinski definition) is 13. The number of nitrogens with zero attached hydrogens (tertiary/aromatic N) is 1. The Morgan fingerprint density at radius 2 is 1.60 bits per heavy atom. The van der Waals surface area contributed by atoms with E-state index in [1.54, 1.807) is 46.8 Å². The number of carbonyl (C=O) groups excluding carboxylic acids is 3. The summed E-state index contributed by atoms with van der Waals surface area (Å²) in [7, 11) is 5.06. The van der Waals surface area contributed by atoms with Crippen molar-refractivity contribution in [2.45, 2.75) is 92.0 Å². The molecule has 0 fully saturated rings. The lowest BCUT2D eigenvalue weighted by atomic mass is 9.78. The Bertz CT molecular complexity index is 1900. The number of carbonyl (C=O) groups is 3. The molecule has 0 aromatic heterocycles. The number of nitrogens with one attached hydrogen (secondary N) is 1. The van der Waals surface area contributed by atoms with E-state index in [4.69, 9.17) is 18.9 Å². The number of methoxy groups -OCH3 is 1. The number of phenolic OH excluding ortho intramolecular Hbond substituents is 3. The van der Waals surface area contributed by atoms with Gasteiger partial charge in [0.05, 0.1) is 41.2 Å². The first-order valence-electron chi connectivity index (χ1n) is 18.4. The average Bonchev–Trinajstić information content (AvgIpc) is 3.39. The number of aromatic hydroxyl groups is 3. The molecule has 55 heavy (non-hydrogen) atoms. The van der Waals surface area contributed by atoms with E-state index in [0.717, 1.165) is 0 Å². The summed E-state index contributed by atoms with van der Waals surface area (Å²) in [5.41, 5.74) is 0.135. The number of aliphatic hydroxyl groups excluding tert-OH is 2. The number of fused-ring (bicyclic) bond motifs is 14. The van der Waals surface area contributed by atoms with Gasteiger partial charge in [0.1, 0.15) is 23.4 Å². The first-order chi connectivity index (χ1) is 25.7. The first kappa shape index (κ1) is 43.1. The molecule has 0 aliphatic carbocycles. The first-order valence-corrected chi connectivity index (χ1v) is 18.4. The highest BCUT2D eigenvalue weighted by Crippen LogP contribution is 2.55. The molecule has 9 atom stereocenters. The van der Waals surface area contributed by atoms with Crippen LogP contribution in [0.3, 0.4) is 0 Å². The number of likely N-dealkylation sites (N-methyl/N-ethyl adjacent to an activating group) is 1. The van der Waals surface area contributed by atoms with Crippen molar-refractivity contribution in [1.82, 2.24) is 4.90 Å². The monoisotopic (exact) mass is 768 g/mol. The Balaban J connectivity index is 1.96. The van der Waals surface area contributed by atoms with Crippen LogP contribution in [0.1, 0.15) is 70.0 Å². The van der Waals surface area contributed by atoms with Gasteiger partial charge in [0.2, 0.25) is 0 Å². The molecular formula is C41H56N2O12. The lowest BCUT2D eigenvalue weighted by Crippen LogP contribution is -2.46. The van der Waals surface area contributed by atoms with Gasteiger partial charge in [-0.05, 0) is 40.4 Å². The van der Waals surface area contributed by atoms with Crippen LogP contribution in [0.4, 0.5) is 5.69 Å². The van der Waals surface area contributed by atoms with Crippen molar-refractivity contribution < 1.29 is 58.9 Å². The van der Waals surface area contributed by atoms with Gasteiger partial charge in [-0.2, -0.15) is 0 Å². The minimum Gasteiger partial charge on any atom is -0.507 e. The Morgan fingerprint density at radius 1 is 0.945 bits per heavy atom. The minimum absolute atomic E-state index is 0.0630. The zero-order chi connectivity index (χ0) is 41.3. The number of esters is 1. The van der Waals surface area contributed by atoms with E-state index in [0.29, 0.717) is 6.54 Å². The van der Waals surface area contributed by atoms with Gasteiger partial charge in [0.15, 0.2) is 5.75 Å². The molecular weight excluding hydrogens is 712 g/mol. The summed E-state index contributed by atoms with van der Waals surface area (Å²) in [6.45, 7) is 13.0. The maximum Gasteiger partial charge on any atom is 0.312 e. The van der Waals surface area contributed by atoms with Gasteiger partial charge in [-0.15, -0.1) is 0 Å². The van der Waals surface area contributed by atoms with Gasteiger partial charge in [-0.25, -0.2) is 0 Å². The summed E-state index contributed by atoms with van der Waals surface area (Å²) in [6.07, 6.45) is 3.80. The summed E-state index contributed by atoms with van der Waals surface area (Å²) in [5.74, 6) is -7.90. The molecule has 0 spiro atoms. The second-order valence-corrected chi connectivity index (χ2v) is 15.2. The van der Waals surface area contributed by atoms with Gasteiger partial charge in [0.25, 0.3) is 11.7 Å². The standard InChI is InChI=1S/C41H56N2O12/c1-19-13-12-14-20(2)40(51)42-31-26(15-17-43(9)10)35(48)28-29(36(31)49)34(47)24(6)38-30(28)39(50)41(8,55-38)53-18-16-27(52-11)21(3)37(54-25(7)44)23(5)33(46)22(4)32(19)45/h12-14,16,18-19,21-23,27,32-33,37,45-49H,15,17H2,1-11H3,(H,42,51)/b13-12+,18-16+,20-14-/t19-,21+,22+,23+,27-,32-,33+,37+,41-/m0/s1. The molecule has 3 aliphatic rings. The van der Waals surface area contributed by atoms with Crippen molar-refractivity contribution in [2.75, 3.05) is 33.1 Å². The van der Waals surface area contributed by atoms with Crippen molar-refractivity contribution in [1.29, 1.82) is 0 Å². The molecule has 302 valence electrons. The van der Waals surface area contributed by atoms with E-state index in [9.17, 15) is 39.9 Å². The fraction of sp³-hybridized carbons (Fsp3) is 0.537. The van der Waals surface area contributed by atoms with Gasteiger partial charge in [0, 0.05) is 73.3 Å². The third-order valence-corrected chi connectivity index (χ3v) is 10.9. The summed E-state index contributed by atoms with van der Waals surface area (Å²) in [5, 5.41) is 60.2. The van der Waals surface area contributed by atoms with Gasteiger partial charge in [-0.1, -0.05) is 45.9 Å². The van der Waals surface area contributed by atoms with Gasteiger partial charge in [-0.3, -0.25) is 14.4 Å². The highest BCUT2D eigenvalue weighted by atomic mass is 16.7. The second kappa shape index (κ2) is 17.0. The van der Waals surface area contributed by atoms with E-state index < -0.39 is 88.8 Å². The number of phenols is 3. The highest BCUT2D eigenvalue weighted by Gasteiger charge is 2.50. The fourth-order valence-corrected chi connectivity index (χ4v) is 7.37. The Kier molecular flexibility index (Phi) is 13.3. The predicted octanol–water partition coefficient (Wildman–Crippen LogP) is 4.86. The van der Waals surface area contributed by atoms with Crippen LogP contribution >= 0.6 is 0 Å². The molecule has 3 heterocycles. The number of rotatable bonds is 5. The molecule has 3 aliphatic heterocycles. The summed E-state index contributed by atoms with van der Waals surface area (Å²) in [4.78, 5) is 42.0. The van der Waals surface area contributed by atoms with Crippen LogP contribution in [0.5, 0.6) is 23.0 Å². The molecule has 0 radical (unpaired) electrons. The van der Waals surface area contributed by atoms with Crippen molar-refractivity contribution in [3.63, 3.8) is 0 Å². The minimum atomic E-state index is -2.01. The van der Waals surface area contributed by atoms with Crippen LogP contribution in [0.25, 0.3) is 10.8 Å². The smallest absolute Gasteiger partial charge is 0.312 e. The van der Waals surface area contributed by atoms with Crippen LogP contribution in [-0.4, -0.2) is 106 Å². The number of ketones is 1. The van der Waals surface area contributed by atoms with Crippen LogP contribution in [0.2, 0.25) is 0 Å². The van der Waals surface area contributed by atoms with Crippen molar-refractivity contribution in [2.24, 2.45) is 23.7 Å². The van der Waals surface area contributed by atoms with Gasteiger partial charge >= 0.3 is 11.8 Å². The number of amides is 1. The zero-order valence-electron chi connectivity index (χ0n) is 33.5. The largest absolute Gasteiger partial charge is 0.507 e. The Morgan fingerprint density at radius 3 is 2.20 bits per heavy atom. The van der Waals surface area contributed by atoms with E-state index in [-0.39, 0.29) is 50.9 Å². The van der Waals surface area contributed by atoms with E-state index >= 15 is 0 Å². The molecule has 5 bridgehead atoms. The third-order valence-electron chi connectivity index (χ3n) is 10.9. The Hall–Kier alpha value is -4.63. The lowest BCUT2D eigenvalue weighted by molar-refractivity contribution is -0.160. The molecule has 0 saturated carbocycles. The maximum atomic E-state index is 14.3. The van der Waals surface area contributed by atoms with Crippen molar-refractivity contribution >= 4 is 34.1 Å². The lowest BCUT2D eigenvalue weighted by Gasteiger charge is -2.38. The molecule has 2 aromatic rings. The summed E-state index contributed by atoms with van der Waals surface area (Å²) >= 11 is 0. The summed E-state index contributed by atoms with van der Waals surface area (Å²) < 4.78 is 23.5. The summed E-state index contributed by atoms with van der Waals surface area (Å²) in [6, 6.07) is 0. The van der Waals surface area contributed by atoms with Crippen LogP contribution in [0.15, 0.2) is 36.1 Å². The molecule has 5 rings (SSSR count). The third kappa shape index (κ3) is 8.47. The van der Waals surface area contributed by atoms with E-state index in [1.807, 2.05) is 19.0 Å². The maximum absolute atomic E-state index is 14.3. The fourth-order valence-electron chi connectivity index (χ4n) is 7.37.